The third-order valence-electron chi connectivity index (χ3n) is 3.16. The minimum absolute atomic E-state index is 0.0120. The summed E-state index contributed by atoms with van der Waals surface area (Å²) < 4.78 is 13.6. The van der Waals surface area contributed by atoms with Crippen LogP contribution in [0.3, 0.4) is 0 Å². The third-order valence-corrected chi connectivity index (χ3v) is 4.34. The van der Waals surface area contributed by atoms with Crippen molar-refractivity contribution < 1.29 is 9.18 Å². The fourth-order valence-electron chi connectivity index (χ4n) is 1.93. The zero-order chi connectivity index (χ0) is 14.8. The van der Waals surface area contributed by atoms with Gasteiger partial charge in [0.2, 0.25) is 5.91 Å². The molecule has 0 bridgehead atoms. The summed E-state index contributed by atoms with van der Waals surface area (Å²) in [7, 11) is 0. The Morgan fingerprint density at radius 1 is 1.30 bits per heavy atom. The number of hydrogen-bond donors (Lipinski definition) is 1. The zero-order valence-electron chi connectivity index (χ0n) is 12.3. The first-order valence-electron chi connectivity index (χ1n) is 7.28. The third kappa shape index (κ3) is 6.42. The van der Waals surface area contributed by atoms with Crippen molar-refractivity contribution in [2.24, 2.45) is 0 Å². The topological polar surface area (TPSA) is 29.1 Å². The van der Waals surface area contributed by atoms with Crippen LogP contribution in [-0.4, -0.2) is 18.2 Å². The van der Waals surface area contributed by atoms with Gasteiger partial charge < -0.3 is 5.32 Å². The smallest absolute Gasteiger partial charge is 0.230 e. The quantitative estimate of drug-likeness (QED) is 0.688. The van der Waals surface area contributed by atoms with Crippen LogP contribution in [0.1, 0.15) is 50.3 Å². The van der Waals surface area contributed by atoms with E-state index in [1.165, 1.54) is 30.7 Å². The van der Waals surface area contributed by atoms with Crippen molar-refractivity contribution in [1.29, 1.82) is 0 Å². The molecule has 0 aliphatic rings. The molecule has 112 valence electrons. The molecular formula is C16H24FNOS. The Balaban J connectivity index is 2.22. The Kier molecular flexibility index (Phi) is 8.35. The first-order chi connectivity index (χ1) is 9.65. The predicted octanol–water partition coefficient (Wildman–Crippen LogP) is 4.32. The van der Waals surface area contributed by atoms with Gasteiger partial charge in [0.1, 0.15) is 5.82 Å². The molecule has 1 unspecified atom stereocenters. The Morgan fingerprint density at radius 3 is 2.75 bits per heavy atom. The second kappa shape index (κ2) is 9.81. The van der Waals surface area contributed by atoms with Crippen molar-refractivity contribution >= 4 is 17.7 Å². The summed E-state index contributed by atoms with van der Waals surface area (Å²) in [5, 5.41) is 2.90. The first kappa shape index (κ1) is 17.0. The van der Waals surface area contributed by atoms with Crippen LogP contribution in [0.25, 0.3) is 0 Å². The number of amides is 1. The summed E-state index contributed by atoms with van der Waals surface area (Å²) in [6.45, 7) is 4.84. The summed E-state index contributed by atoms with van der Waals surface area (Å²) >= 11 is 1.47. The van der Waals surface area contributed by atoms with Crippen LogP contribution in [0, 0.1) is 5.82 Å². The summed E-state index contributed by atoms with van der Waals surface area (Å²) in [6.07, 6.45) is 4.61. The summed E-state index contributed by atoms with van der Waals surface area (Å²) in [5.74, 6) is 0.214. The van der Waals surface area contributed by atoms with Gasteiger partial charge in [-0.2, -0.15) is 0 Å². The van der Waals surface area contributed by atoms with Crippen molar-refractivity contribution in [1.82, 2.24) is 5.32 Å². The van der Waals surface area contributed by atoms with Crippen LogP contribution >= 0.6 is 11.8 Å². The number of carbonyl (C=O) groups is 1. The molecule has 0 aliphatic heterocycles. The lowest BCUT2D eigenvalue weighted by molar-refractivity contribution is -0.118. The largest absolute Gasteiger partial charge is 0.355 e. The molecule has 1 amide bonds. The molecule has 0 radical (unpaired) electrons. The van der Waals surface area contributed by atoms with Gasteiger partial charge in [-0.05, 0) is 19.4 Å². The van der Waals surface area contributed by atoms with E-state index >= 15 is 0 Å². The van der Waals surface area contributed by atoms with Gasteiger partial charge in [-0.15, -0.1) is 11.8 Å². The maximum absolute atomic E-state index is 13.6. The van der Waals surface area contributed by atoms with E-state index in [9.17, 15) is 9.18 Å². The lowest BCUT2D eigenvalue weighted by atomic mass is 10.1. The standard InChI is InChI=1S/C16H24FNOS/c1-3-4-5-8-11-18-16(19)12-20-13(2)14-9-6-7-10-15(14)17/h6-7,9-10,13H,3-5,8,11-12H2,1-2H3,(H,18,19). The van der Waals surface area contributed by atoms with Gasteiger partial charge >= 0.3 is 0 Å². The number of hydrogen-bond acceptors (Lipinski definition) is 2. The number of benzene rings is 1. The average molecular weight is 297 g/mol. The van der Waals surface area contributed by atoms with Gasteiger partial charge in [0.25, 0.3) is 0 Å². The molecule has 0 aliphatic carbocycles. The van der Waals surface area contributed by atoms with Crippen LogP contribution < -0.4 is 5.32 Å². The monoisotopic (exact) mass is 297 g/mol. The van der Waals surface area contributed by atoms with Gasteiger partial charge in [-0.25, -0.2) is 4.39 Å². The lowest BCUT2D eigenvalue weighted by Gasteiger charge is -2.12. The van der Waals surface area contributed by atoms with Gasteiger partial charge in [0.05, 0.1) is 5.75 Å². The SMILES string of the molecule is CCCCCCNC(=O)CSC(C)c1ccccc1F. The Bertz CT molecular complexity index is 411. The molecule has 0 saturated carbocycles. The van der Waals surface area contributed by atoms with E-state index in [1.807, 2.05) is 13.0 Å². The van der Waals surface area contributed by atoms with E-state index in [0.29, 0.717) is 11.3 Å². The summed E-state index contributed by atoms with van der Waals surface area (Å²) in [6, 6.07) is 6.73. The average Bonchev–Trinajstić information content (AvgIpc) is 2.45. The molecule has 1 rings (SSSR count). The maximum Gasteiger partial charge on any atom is 0.230 e. The molecule has 0 aromatic heterocycles. The summed E-state index contributed by atoms with van der Waals surface area (Å²) in [4.78, 5) is 11.7. The molecule has 1 aromatic carbocycles. The van der Waals surface area contributed by atoms with E-state index in [2.05, 4.69) is 12.2 Å². The van der Waals surface area contributed by atoms with E-state index in [0.717, 1.165) is 19.4 Å². The lowest BCUT2D eigenvalue weighted by Crippen LogP contribution is -2.26. The minimum atomic E-state index is -0.201. The molecule has 0 fully saturated rings. The molecule has 1 atom stereocenters. The van der Waals surface area contributed by atoms with Gasteiger partial charge in [0.15, 0.2) is 0 Å². The highest BCUT2D eigenvalue weighted by atomic mass is 32.2. The van der Waals surface area contributed by atoms with Crippen molar-refractivity contribution in [2.45, 2.75) is 44.8 Å². The minimum Gasteiger partial charge on any atom is -0.355 e. The van der Waals surface area contributed by atoms with Crippen LogP contribution in [0.2, 0.25) is 0 Å². The number of halogens is 1. The molecular weight excluding hydrogens is 273 g/mol. The molecule has 20 heavy (non-hydrogen) atoms. The highest BCUT2D eigenvalue weighted by molar-refractivity contribution is 8.00. The van der Waals surface area contributed by atoms with Crippen molar-refractivity contribution in [3.8, 4) is 0 Å². The molecule has 0 spiro atoms. The fourth-order valence-corrected chi connectivity index (χ4v) is 2.80. The normalized spacial score (nSPS) is 12.2. The number of carbonyl (C=O) groups excluding carboxylic acids is 1. The molecule has 0 saturated heterocycles. The van der Waals surface area contributed by atoms with Crippen LogP contribution in [0.5, 0.6) is 0 Å². The van der Waals surface area contributed by atoms with E-state index in [4.69, 9.17) is 0 Å². The molecule has 2 nitrogen and oxygen atoms in total. The number of thioether (sulfide) groups is 1. The Hall–Kier alpha value is -1.03. The second-order valence-electron chi connectivity index (χ2n) is 4.89. The number of rotatable bonds is 9. The van der Waals surface area contributed by atoms with Crippen molar-refractivity contribution in [2.75, 3.05) is 12.3 Å². The first-order valence-corrected chi connectivity index (χ1v) is 8.32. The zero-order valence-corrected chi connectivity index (χ0v) is 13.1. The van der Waals surface area contributed by atoms with Crippen molar-refractivity contribution in [3.63, 3.8) is 0 Å². The predicted molar refractivity (Wildman–Crippen MR) is 84.4 cm³/mol. The van der Waals surface area contributed by atoms with Crippen molar-refractivity contribution in [3.05, 3.63) is 35.6 Å². The molecule has 4 heteroatoms. The van der Waals surface area contributed by atoms with Crippen LogP contribution in [0.4, 0.5) is 4.39 Å². The van der Waals surface area contributed by atoms with Gasteiger partial charge in [-0.3, -0.25) is 4.79 Å². The highest BCUT2D eigenvalue weighted by Gasteiger charge is 2.12. The maximum atomic E-state index is 13.6. The Morgan fingerprint density at radius 2 is 2.05 bits per heavy atom. The van der Waals surface area contributed by atoms with E-state index in [-0.39, 0.29) is 17.0 Å². The van der Waals surface area contributed by atoms with Crippen LogP contribution in [-0.2, 0) is 4.79 Å². The van der Waals surface area contributed by atoms with Gasteiger partial charge in [0, 0.05) is 17.4 Å². The second-order valence-corrected chi connectivity index (χ2v) is 6.21. The van der Waals surface area contributed by atoms with Gasteiger partial charge in [-0.1, -0.05) is 44.4 Å². The fraction of sp³-hybridized carbons (Fsp3) is 0.562. The van der Waals surface area contributed by atoms with E-state index in [1.54, 1.807) is 12.1 Å². The number of nitrogens with one attached hydrogen (secondary N) is 1. The molecule has 1 aromatic rings. The molecule has 0 heterocycles. The van der Waals surface area contributed by atoms with E-state index < -0.39 is 0 Å². The summed E-state index contributed by atoms with van der Waals surface area (Å²) in [5.41, 5.74) is 0.660. The highest BCUT2D eigenvalue weighted by Crippen LogP contribution is 2.29. The molecule has 1 N–H and O–H groups in total. The van der Waals surface area contributed by atoms with Crippen LogP contribution in [0.15, 0.2) is 24.3 Å². The number of unbranched alkanes of at least 4 members (excludes halogenated alkanes) is 3. The Labute approximate surface area is 125 Å².